The zero-order chi connectivity index (χ0) is 23.5. The first kappa shape index (κ1) is 23.5. The van der Waals surface area contributed by atoms with Crippen LogP contribution in [0.25, 0.3) is 0 Å². The monoisotopic (exact) mass is 507 g/mol. The van der Waals surface area contributed by atoms with Gasteiger partial charge in [-0.25, -0.2) is 9.59 Å². The van der Waals surface area contributed by atoms with Gasteiger partial charge in [0.15, 0.2) is 0 Å². The number of ether oxygens (including phenoxy) is 3. The number of nitrogens with zero attached hydrogens (tertiary/aromatic N) is 1. The molecular weight excluding hydrogens is 489 g/mol. The Hall–Kier alpha value is -2.65. The molecule has 1 fully saturated rings. The number of aryl methyl sites for hydroxylation is 1. The van der Waals surface area contributed by atoms with Crippen molar-refractivity contribution >= 4 is 46.5 Å². The Balaban J connectivity index is 1.50. The lowest BCUT2D eigenvalue weighted by atomic mass is 10.1. The van der Waals surface area contributed by atoms with E-state index in [0.717, 1.165) is 17.0 Å². The summed E-state index contributed by atoms with van der Waals surface area (Å²) < 4.78 is 18.6. The summed E-state index contributed by atoms with van der Waals surface area (Å²) in [6.45, 7) is 1.64. The number of thiazole rings is 1. The Bertz CT molecular complexity index is 1200. The van der Waals surface area contributed by atoms with E-state index in [1.807, 2.05) is 0 Å². The van der Waals surface area contributed by atoms with Gasteiger partial charge in [0.1, 0.15) is 25.0 Å². The number of hydrogen-bond acceptors (Lipinski definition) is 7. The molecule has 0 amide bonds. The van der Waals surface area contributed by atoms with E-state index in [-0.39, 0.29) is 17.9 Å². The van der Waals surface area contributed by atoms with Crippen LogP contribution < -0.4 is 4.87 Å². The number of esters is 2. The number of carbonyl (C=O) groups is 2. The van der Waals surface area contributed by atoms with Crippen molar-refractivity contribution in [3.8, 4) is 0 Å². The number of benzene rings is 2. The van der Waals surface area contributed by atoms with Gasteiger partial charge in [0, 0.05) is 27.5 Å². The third kappa shape index (κ3) is 5.47. The van der Waals surface area contributed by atoms with Crippen molar-refractivity contribution in [3.63, 3.8) is 0 Å². The van der Waals surface area contributed by atoms with E-state index >= 15 is 0 Å². The number of hydrogen-bond donors (Lipinski definition) is 0. The average molecular weight is 508 g/mol. The fourth-order valence-electron chi connectivity index (χ4n) is 3.49. The Morgan fingerprint density at radius 2 is 1.61 bits per heavy atom. The van der Waals surface area contributed by atoms with Crippen LogP contribution in [-0.2, 0) is 14.2 Å². The summed E-state index contributed by atoms with van der Waals surface area (Å²) in [5.74, 6) is -1.13. The standard InChI is InChI=1S/C23H19Cl2NO6S/c1-13-12-33-23(29)26(13)20-10-18(32-22(28)15-4-8-17(25)9-5-15)19(31-20)11-30-21(27)14-2-6-16(24)7-3-14/h2-9,12,18-20H,10-11H2,1H3/t18-,19+,20+/m0/s1. The minimum atomic E-state index is -0.756. The number of carbonyl (C=O) groups excluding carboxylic acids is 2. The number of aromatic nitrogens is 1. The van der Waals surface area contributed by atoms with Crippen LogP contribution in [-0.4, -0.2) is 35.3 Å². The lowest BCUT2D eigenvalue weighted by Gasteiger charge is -2.19. The van der Waals surface area contributed by atoms with Crippen LogP contribution in [0.4, 0.5) is 0 Å². The van der Waals surface area contributed by atoms with Gasteiger partial charge in [-0.05, 0) is 55.5 Å². The third-order valence-electron chi connectivity index (χ3n) is 5.17. The molecule has 172 valence electrons. The van der Waals surface area contributed by atoms with Crippen molar-refractivity contribution in [2.45, 2.75) is 31.8 Å². The van der Waals surface area contributed by atoms with Crippen molar-refractivity contribution in [1.29, 1.82) is 0 Å². The molecule has 0 spiro atoms. The van der Waals surface area contributed by atoms with Gasteiger partial charge in [-0.15, -0.1) is 0 Å². The Kier molecular flexibility index (Phi) is 7.19. The van der Waals surface area contributed by atoms with Crippen LogP contribution in [0.15, 0.2) is 58.7 Å². The summed E-state index contributed by atoms with van der Waals surface area (Å²) in [5, 5.41) is 2.73. The van der Waals surface area contributed by atoms with E-state index in [4.69, 9.17) is 37.4 Å². The largest absolute Gasteiger partial charge is 0.459 e. The molecule has 10 heteroatoms. The Morgan fingerprint density at radius 3 is 2.15 bits per heavy atom. The van der Waals surface area contributed by atoms with Crippen molar-refractivity contribution in [2.24, 2.45) is 0 Å². The molecule has 1 aliphatic rings. The van der Waals surface area contributed by atoms with Crippen molar-refractivity contribution in [2.75, 3.05) is 6.61 Å². The van der Waals surface area contributed by atoms with Gasteiger partial charge in [-0.1, -0.05) is 34.5 Å². The van der Waals surface area contributed by atoms with E-state index in [1.54, 1.807) is 60.8 Å². The topological polar surface area (TPSA) is 83.8 Å². The molecule has 0 radical (unpaired) electrons. The van der Waals surface area contributed by atoms with Gasteiger partial charge in [0.05, 0.1) is 11.1 Å². The molecule has 2 aromatic carbocycles. The molecule has 1 saturated heterocycles. The second-order valence-corrected chi connectivity index (χ2v) is 9.13. The van der Waals surface area contributed by atoms with Gasteiger partial charge in [-0.2, -0.15) is 0 Å². The van der Waals surface area contributed by atoms with Crippen molar-refractivity contribution in [3.05, 3.63) is 90.4 Å². The van der Waals surface area contributed by atoms with Crippen LogP contribution in [0.2, 0.25) is 10.0 Å². The molecule has 1 aromatic heterocycles. The van der Waals surface area contributed by atoms with Gasteiger partial charge in [0.2, 0.25) is 0 Å². The summed E-state index contributed by atoms with van der Waals surface area (Å²) in [6, 6.07) is 12.6. The van der Waals surface area contributed by atoms with Gasteiger partial charge in [-0.3, -0.25) is 9.36 Å². The van der Waals surface area contributed by atoms with Crippen LogP contribution in [0.5, 0.6) is 0 Å². The molecule has 0 saturated carbocycles. The Labute approximate surface area is 203 Å². The third-order valence-corrected chi connectivity index (χ3v) is 6.53. The van der Waals surface area contributed by atoms with E-state index in [0.29, 0.717) is 21.2 Å². The quantitative estimate of drug-likeness (QED) is 0.441. The van der Waals surface area contributed by atoms with Gasteiger partial charge in [0.25, 0.3) is 0 Å². The predicted octanol–water partition coefficient (Wildman–Crippen LogP) is 4.90. The van der Waals surface area contributed by atoms with Crippen molar-refractivity contribution < 1.29 is 23.8 Å². The van der Waals surface area contributed by atoms with Gasteiger partial charge < -0.3 is 14.2 Å². The zero-order valence-electron chi connectivity index (χ0n) is 17.4. The molecule has 7 nitrogen and oxygen atoms in total. The molecule has 0 N–H and O–H groups in total. The van der Waals surface area contributed by atoms with Crippen molar-refractivity contribution in [1.82, 2.24) is 4.57 Å². The van der Waals surface area contributed by atoms with Crippen LogP contribution >= 0.6 is 34.5 Å². The first-order chi connectivity index (χ1) is 15.8. The maximum Gasteiger partial charge on any atom is 0.338 e. The summed E-state index contributed by atoms with van der Waals surface area (Å²) in [7, 11) is 0. The molecule has 4 rings (SSSR count). The SMILES string of the molecule is Cc1csc(=O)n1[C@H]1C[C@H](OC(=O)c2ccc(Cl)cc2)[C@@H](COC(=O)c2ccc(Cl)cc2)O1. The lowest BCUT2D eigenvalue weighted by Crippen LogP contribution is -2.32. The highest BCUT2D eigenvalue weighted by molar-refractivity contribution is 7.07. The van der Waals surface area contributed by atoms with Crippen LogP contribution in [0.1, 0.15) is 39.1 Å². The fourth-order valence-corrected chi connectivity index (χ4v) is 4.50. The second kappa shape index (κ2) is 10.1. The smallest absolute Gasteiger partial charge is 0.338 e. The lowest BCUT2D eigenvalue weighted by molar-refractivity contribution is -0.0579. The zero-order valence-corrected chi connectivity index (χ0v) is 19.7. The average Bonchev–Trinajstić information content (AvgIpc) is 3.34. The first-order valence-corrected chi connectivity index (χ1v) is 11.7. The fraction of sp³-hybridized carbons (Fsp3) is 0.261. The number of halogens is 2. The van der Waals surface area contributed by atoms with E-state index in [1.165, 1.54) is 4.57 Å². The molecule has 33 heavy (non-hydrogen) atoms. The summed E-state index contributed by atoms with van der Waals surface area (Å²) in [5.41, 5.74) is 1.38. The first-order valence-electron chi connectivity index (χ1n) is 10.0. The number of rotatable bonds is 6. The molecule has 3 atom stereocenters. The predicted molar refractivity (Wildman–Crippen MR) is 124 cm³/mol. The molecule has 1 aliphatic heterocycles. The highest BCUT2D eigenvalue weighted by atomic mass is 35.5. The Morgan fingerprint density at radius 1 is 1.03 bits per heavy atom. The maximum absolute atomic E-state index is 12.7. The highest BCUT2D eigenvalue weighted by Crippen LogP contribution is 2.32. The van der Waals surface area contributed by atoms with E-state index in [2.05, 4.69) is 0 Å². The van der Waals surface area contributed by atoms with E-state index < -0.39 is 30.4 Å². The molecule has 0 bridgehead atoms. The van der Waals surface area contributed by atoms with Crippen LogP contribution in [0, 0.1) is 6.92 Å². The van der Waals surface area contributed by atoms with Crippen LogP contribution in [0.3, 0.4) is 0 Å². The van der Waals surface area contributed by atoms with Gasteiger partial charge >= 0.3 is 16.8 Å². The molecule has 3 aromatic rings. The summed E-state index contributed by atoms with van der Waals surface area (Å²) >= 11 is 12.8. The summed E-state index contributed by atoms with van der Waals surface area (Å²) in [6.07, 6.45) is -1.90. The summed E-state index contributed by atoms with van der Waals surface area (Å²) in [4.78, 5) is 37.2. The molecule has 2 heterocycles. The maximum atomic E-state index is 12.7. The normalized spacial score (nSPS) is 19.9. The second-order valence-electron chi connectivity index (χ2n) is 7.43. The molecule has 0 unspecified atom stereocenters. The van der Waals surface area contributed by atoms with E-state index in [9.17, 15) is 14.4 Å². The minimum Gasteiger partial charge on any atom is -0.459 e. The molecule has 0 aliphatic carbocycles. The highest BCUT2D eigenvalue weighted by Gasteiger charge is 2.41. The minimum absolute atomic E-state index is 0.158. The molecular formula is C23H19Cl2NO6S.